The second-order valence-electron chi connectivity index (χ2n) is 13.5. The summed E-state index contributed by atoms with van der Waals surface area (Å²) in [6, 6.07) is 59.0. The van der Waals surface area contributed by atoms with Gasteiger partial charge in [-0.25, -0.2) is 0 Å². The maximum Gasteiger partial charge on any atom is 0.0540 e. The summed E-state index contributed by atoms with van der Waals surface area (Å²) < 4.78 is 0. The molecule has 0 radical (unpaired) electrons. The van der Waals surface area contributed by atoms with Crippen molar-refractivity contribution in [3.05, 3.63) is 180 Å². The van der Waals surface area contributed by atoms with E-state index in [1.165, 1.54) is 65.9 Å². The van der Waals surface area contributed by atoms with Gasteiger partial charge in [-0.15, -0.1) is 0 Å². The molecule has 8 aromatic carbocycles. The monoisotopic (exact) mass is 648 g/mol. The van der Waals surface area contributed by atoms with E-state index in [0.29, 0.717) is 0 Å². The quantitative estimate of drug-likeness (QED) is 0.108. The van der Waals surface area contributed by atoms with Gasteiger partial charge in [-0.05, 0) is 113 Å². The average Bonchev–Trinajstić information content (AvgIpc) is 3.17. The molecule has 0 saturated carbocycles. The Bertz CT molecular complexity index is 2360. The molecule has 1 unspecified atom stereocenters. The van der Waals surface area contributed by atoms with Gasteiger partial charge in [-0.2, -0.15) is 0 Å². The van der Waals surface area contributed by atoms with E-state index >= 15 is 0 Å². The average molecular weight is 649 g/mol. The van der Waals surface area contributed by atoms with Crippen LogP contribution in [0, 0.1) is 6.92 Å². The van der Waals surface area contributed by atoms with E-state index in [2.05, 4.69) is 195 Å². The molecule has 0 saturated heterocycles. The van der Waals surface area contributed by atoms with E-state index in [0.717, 1.165) is 30.9 Å². The molecule has 1 atom stereocenters. The minimum absolute atomic E-state index is 0.288. The molecule has 50 heavy (non-hydrogen) atoms. The highest BCUT2D eigenvalue weighted by Gasteiger charge is 2.35. The van der Waals surface area contributed by atoms with Crippen LogP contribution in [0.1, 0.15) is 49.4 Å². The Kier molecular flexibility index (Phi) is 8.25. The van der Waals surface area contributed by atoms with Gasteiger partial charge in [-0.3, -0.25) is 0 Å². The molecule has 0 N–H and O–H groups in total. The van der Waals surface area contributed by atoms with Crippen molar-refractivity contribution in [1.82, 2.24) is 0 Å². The van der Waals surface area contributed by atoms with Gasteiger partial charge in [0.15, 0.2) is 0 Å². The first-order valence-electron chi connectivity index (χ1n) is 18.1. The molecule has 0 aliphatic rings. The SMILES string of the molecule is CCN(CC)c1ccc(C(CC)(c2ccccc2)c2ccc(N(c3ccc(C)cc3)c3ccc4ccc5cccc6ccc3c4c56)cc2)cc1. The molecule has 246 valence electrons. The van der Waals surface area contributed by atoms with E-state index < -0.39 is 0 Å². The number of benzene rings is 8. The van der Waals surface area contributed by atoms with Gasteiger partial charge in [-0.1, -0.05) is 128 Å². The number of anilines is 4. The summed E-state index contributed by atoms with van der Waals surface area (Å²) in [6.45, 7) is 10.9. The van der Waals surface area contributed by atoms with Gasteiger partial charge in [0, 0.05) is 41.0 Å². The Labute approximate surface area is 296 Å². The lowest BCUT2D eigenvalue weighted by atomic mass is 9.67. The zero-order valence-corrected chi connectivity index (χ0v) is 29.5. The van der Waals surface area contributed by atoms with Crippen LogP contribution in [0.3, 0.4) is 0 Å². The molecule has 0 aliphatic carbocycles. The van der Waals surface area contributed by atoms with Crippen LogP contribution in [0.2, 0.25) is 0 Å². The predicted octanol–water partition coefficient (Wildman–Crippen LogP) is 13.0. The summed E-state index contributed by atoms with van der Waals surface area (Å²) >= 11 is 0. The summed E-state index contributed by atoms with van der Waals surface area (Å²) in [7, 11) is 0. The van der Waals surface area contributed by atoms with E-state index in [1.54, 1.807) is 0 Å². The first-order chi connectivity index (χ1) is 24.5. The Morgan fingerprint density at radius 2 is 0.940 bits per heavy atom. The van der Waals surface area contributed by atoms with Crippen molar-refractivity contribution in [1.29, 1.82) is 0 Å². The summed E-state index contributed by atoms with van der Waals surface area (Å²) in [6.07, 6.45) is 0.942. The number of nitrogens with zero attached hydrogens (tertiary/aromatic N) is 2. The fraction of sp³-hybridized carbons (Fsp3) is 0.167. The normalized spacial score (nSPS) is 12.8. The lowest BCUT2D eigenvalue weighted by molar-refractivity contribution is 0.594. The van der Waals surface area contributed by atoms with Gasteiger partial charge in [0.05, 0.1) is 5.69 Å². The third kappa shape index (κ3) is 5.18. The van der Waals surface area contributed by atoms with Crippen LogP contribution in [0.25, 0.3) is 32.3 Å². The summed E-state index contributed by atoms with van der Waals surface area (Å²) in [4.78, 5) is 4.84. The van der Waals surface area contributed by atoms with Crippen LogP contribution < -0.4 is 9.80 Å². The fourth-order valence-electron chi connectivity index (χ4n) is 8.31. The first kappa shape index (κ1) is 31.7. The molecule has 0 amide bonds. The van der Waals surface area contributed by atoms with E-state index in [9.17, 15) is 0 Å². The summed E-state index contributed by atoms with van der Waals surface area (Å²) in [5, 5.41) is 7.77. The third-order valence-electron chi connectivity index (χ3n) is 10.9. The highest BCUT2D eigenvalue weighted by molar-refractivity contribution is 6.25. The van der Waals surface area contributed by atoms with E-state index in [-0.39, 0.29) is 5.41 Å². The second kappa shape index (κ2) is 13.0. The molecule has 2 heteroatoms. The summed E-state index contributed by atoms with van der Waals surface area (Å²) in [5.74, 6) is 0. The van der Waals surface area contributed by atoms with Crippen LogP contribution in [-0.4, -0.2) is 13.1 Å². The number of hydrogen-bond acceptors (Lipinski definition) is 2. The molecule has 0 spiro atoms. The Morgan fingerprint density at radius 1 is 0.440 bits per heavy atom. The highest BCUT2D eigenvalue weighted by Crippen LogP contribution is 2.46. The molecule has 0 heterocycles. The molecule has 0 aliphatic heterocycles. The van der Waals surface area contributed by atoms with Crippen molar-refractivity contribution < 1.29 is 0 Å². The lowest BCUT2D eigenvalue weighted by Crippen LogP contribution is -2.29. The number of hydrogen-bond donors (Lipinski definition) is 0. The standard InChI is InChI=1S/C48H44N2/c1-5-48(38-14-9-8-10-15-38,39-22-28-41(29-23-39)49(6-2)7-3)40-24-30-43(31-25-40)50(42-26-16-34(4)17-27-42)45-33-21-37-19-18-35-12-11-13-36-20-32-44(45)47(37)46(35)36/h8-33H,5-7H2,1-4H3. The first-order valence-corrected chi connectivity index (χ1v) is 18.1. The third-order valence-corrected chi connectivity index (χ3v) is 10.9. The molecule has 0 bridgehead atoms. The minimum atomic E-state index is -0.288. The van der Waals surface area contributed by atoms with Crippen molar-refractivity contribution in [3.63, 3.8) is 0 Å². The largest absolute Gasteiger partial charge is 0.372 e. The van der Waals surface area contributed by atoms with Crippen molar-refractivity contribution in [2.45, 2.75) is 39.5 Å². The van der Waals surface area contributed by atoms with Gasteiger partial charge in [0.2, 0.25) is 0 Å². The highest BCUT2D eigenvalue weighted by atomic mass is 15.1. The Morgan fingerprint density at radius 3 is 1.52 bits per heavy atom. The topological polar surface area (TPSA) is 6.48 Å². The molecule has 0 aromatic heterocycles. The van der Waals surface area contributed by atoms with Crippen molar-refractivity contribution in [2.75, 3.05) is 22.9 Å². The van der Waals surface area contributed by atoms with Crippen molar-refractivity contribution >= 4 is 55.1 Å². The molecular weight excluding hydrogens is 605 g/mol. The van der Waals surface area contributed by atoms with E-state index in [1.807, 2.05) is 0 Å². The zero-order chi connectivity index (χ0) is 34.2. The summed E-state index contributed by atoms with van der Waals surface area (Å²) in [5.41, 5.74) is 9.64. The molecule has 8 rings (SSSR count). The molecule has 2 nitrogen and oxygen atoms in total. The number of rotatable bonds is 10. The lowest BCUT2D eigenvalue weighted by Gasteiger charge is -2.36. The van der Waals surface area contributed by atoms with Gasteiger partial charge in [0.1, 0.15) is 0 Å². The van der Waals surface area contributed by atoms with Gasteiger partial charge >= 0.3 is 0 Å². The molecule has 8 aromatic rings. The van der Waals surface area contributed by atoms with Crippen molar-refractivity contribution in [3.8, 4) is 0 Å². The Balaban J connectivity index is 1.30. The maximum absolute atomic E-state index is 2.43. The zero-order valence-electron chi connectivity index (χ0n) is 29.5. The van der Waals surface area contributed by atoms with Crippen LogP contribution in [0.4, 0.5) is 22.7 Å². The fourth-order valence-corrected chi connectivity index (χ4v) is 8.31. The van der Waals surface area contributed by atoms with E-state index in [4.69, 9.17) is 0 Å². The second-order valence-corrected chi connectivity index (χ2v) is 13.5. The van der Waals surface area contributed by atoms with Crippen LogP contribution in [-0.2, 0) is 5.41 Å². The van der Waals surface area contributed by atoms with Crippen LogP contribution >= 0.6 is 0 Å². The predicted molar refractivity (Wildman–Crippen MR) is 216 cm³/mol. The van der Waals surface area contributed by atoms with Crippen molar-refractivity contribution in [2.24, 2.45) is 0 Å². The maximum atomic E-state index is 2.43. The smallest absolute Gasteiger partial charge is 0.0540 e. The van der Waals surface area contributed by atoms with Gasteiger partial charge < -0.3 is 9.80 Å². The minimum Gasteiger partial charge on any atom is -0.372 e. The van der Waals surface area contributed by atoms with Gasteiger partial charge in [0.25, 0.3) is 0 Å². The molecular formula is C48H44N2. The molecule has 0 fully saturated rings. The Hall–Kier alpha value is -5.60. The van der Waals surface area contributed by atoms with Crippen LogP contribution in [0.15, 0.2) is 158 Å². The number of aryl methyl sites for hydroxylation is 1. The van der Waals surface area contributed by atoms with Crippen LogP contribution in [0.5, 0.6) is 0 Å².